The van der Waals surface area contributed by atoms with Crippen LogP contribution in [0.2, 0.25) is 5.02 Å². The minimum Gasteiger partial charge on any atom is -0.479 e. The van der Waals surface area contributed by atoms with Crippen LogP contribution in [0, 0.1) is 5.82 Å². The summed E-state index contributed by atoms with van der Waals surface area (Å²) in [6, 6.07) is 18.1. The fraction of sp³-hybridized carbons (Fsp3) is 0.200. The second kappa shape index (κ2) is 9.01. The molecule has 1 aliphatic rings. The minimum atomic E-state index is -1.35. The van der Waals surface area contributed by atoms with Crippen LogP contribution < -0.4 is 0 Å². The molecule has 5 nitrogen and oxygen atoms in total. The van der Waals surface area contributed by atoms with Crippen molar-refractivity contribution in [2.45, 2.75) is 18.9 Å². The first kappa shape index (κ1) is 21.8. The number of carboxylic acid groups (broad SMARTS) is 1. The summed E-state index contributed by atoms with van der Waals surface area (Å²) in [7, 11) is 0. The van der Waals surface area contributed by atoms with E-state index in [1.54, 1.807) is 6.92 Å². The molecular weight excluding hydrogens is 433 g/mol. The van der Waals surface area contributed by atoms with Crippen LogP contribution in [0.3, 0.4) is 0 Å². The zero-order chi connectivity index (χ0) is 22.8. The average molecular weight is 454 g/mol. The van der Waals surface area contributed by atoms with Gasteiger partial charge in [0.2, 0.25) is 0 Å². The van der Waals surface area contributed by atoms with Crippen molar-refractivity contribution in [1.82, 2.24) is 4.90 Å². The second-order valence-electron chi connectivity index (χ2n) is 7.50. The predicted molar refractivity (Wildman–Crippen MR) is 119 cm³/mol. The van der Waals surface area contributed by atoms with E-state index in [4.69, 9.17) is 16.3 Å². The van der Waals surface area contributed by atoms with Crippen LogP contribution >= 0.6 is 11.6 Å². The number of halogens is 2. The molecule has 3 aromatic rings. The smallest absolute Gasteiger partial charge is 0.410 e. The van der Waals surface area contributed by atoms with E-state index in [1.165, 1.54) is 12.1 Å². The number of likely N-dealkylation sites (N-methyl/N-ethyl adjacent to an activating group) is 1. The van der Waals surface area contributed by atoms with Crippen LogP contribution in [0.25, 0.3) is 11.1 Å². The monoisotopic (exact) mass is 453 g/mol. The summed E-state index contributed by atoms with van der Waals surface area (Å²) in [4.78, 5) is 26.1. The topological polar surface area (TPSA) is 66.8 Å². The van der Waals surface area contributed by atoms with Crippen LogP contribution in [0.4, 0.5) is 9.18 Å². The Morgan fingerprint density at radius 2 is 1.66 bits per heavy atom. The van der Waals surface area contributed by atoms with Crippen molar-refractivity contribution < 1.29 is 23.8 Å². The Labute approximate surface area is 190 Å². The van der Waals surface area contributed by atoms with Crippen LogP contribution in [0.1, 0.15) is 35.6 Å². The number of ether oxygens (including phenoxy) is 1. The molecule has 0 aromatic heterocycles. The Hall–Kier alpha value is -3.38. The molecule has 0 saturated carbocycles. The van der Waals surface area contributed by atoms with Gasteiger partial charge in [0.15, 0.2) is 6.04 Å². The standard InChI is InChI=1S/C25H21ClFNO4/c1-2-28(23(24(29)30)15-11-12-22(27)21(26)13-15)25(31)32-14-20-18-9-5-3-7-16(18)17-8-4-6-10-19(17)20/h3-13,20,23H,2,14H2,1H3,(H,29,30). The summed E-state index contributed by atoms with van der Waals surface area (Å²) in [5, 5.41) is 9.58. The van der Waals surface area contributed by atoms with Crippen molar-refractivity contribution in [1.29, 1.82) is 0 Å². The maximum absolute atomic E-state index is 13.6. The Morgan fingerprint density at radius 3 is 2.19 bits per heavy atom. The number of carboxylic acids is 1. The molecule has 3 aromatic carbocycles. The molecule has 0 fully saturated rings. The van der Waals surface area contributed by atoms with E-state index in [2.05, 4.69) is 0 Å². The molecule has 1 N–H and O–H groups in total. The highest BCUT2D eigenvalue weighted by atomic mass is 35.5. The summed E-state index contributed by atoms with van der Waals surface area (Å²) in [5.74, 6) is -2.07. The zero-order valence-electron chi connectivity index (χ0n) is 17.3. The van der Waals surface area contributed by atoms with E-state index in [1.807, 2.05) is 48.5 Å². The van der Waals surface area contributed by atoms with Gasteiger partial charge in [0.05, 0.1) is 5.02 Å². The number of aliphatic carboxylic acids is 1. The van der Waals surface area contributed by atoms with Gasteiger partial charge in [-0.15, -0.1) is 0 Å². The fourth-order valence-electron chi connectivity index (χ4n) is 4.23. The summed E-state index contributed by atoms with van der Waals surface area (Å²) in [5.41, 5.74) is 4.51. The largest absolute Gasteiger partial charge is 0.479 e. The Morgan fingerprint density at radius 1 is 1.06 bits per heavy atom. The lowest BCUT2D eigenvalue weighted by atomic mass is 9.98. The number of fused-ring (bicyclic) bond motifs is 3. The Bertz CT molecular complexity index is 1140. The van der Waals surface area contributed by atoms with Crippen LogP contribution in [-0.4, -0.2) is 35.2 Å². The average Bonchev–Trinajstić information content (AvgIpc) is 3.11. The molecule has 4 rings (SSSR count). The normalized spacial score (nSPS) is 13.2. The number of amides is 1. The van der Waals surface area contributed by atoms with Gasteiger partial charge in [-0.2, -0.15) is 0 Å². The molecule has 0 saturated heterocycles. The second-order valence-corrected chi connectivity index (χ2v) is 7.91. The number of nitrogens with zero attached hydrogens (tertiary/aromatic N) is 1. The van der Waals surface area contributed by atoms with Gasteiger partial charge < -0.3 is 9.84 Å². The third-order valence-electron chi connectivity index (χ3n) is 5.72. The van der Waals surface area contributed by atoms with E-state index in [9.17, 15) is 19.1 Å². The third-order valence-corrected chi connectivity index (χ3v) is 6.01. The Balaban J connectivity index is 1.57. The molecular formula is C25H21ClFNO4. The lowest BCUT2D eigenvalue weighted by molar-refractivity contribution is -0.143. The molecule has 1 atom stereocenters. The van der Waals surface area contributed by atoms with Crippen molar-refractivity contribution in [3.8, 4) is 11.1 Å². The van der Waals surface area contributed by atoms with E-state index in [0.717, 1.165) is 33.2 Å². The van der Waals surface area contributed by atoms with Gasteiger partial charge in [-0.05, 0) is 46.9 Å². The number of benzene rings is 3. The highest BCUT2D eigenvalue weighted by Gasteiger charge is 2.34. The first-order valence-corrected chi connectivity index (χ1v) is 10.6. The van der Waals surface area contributed by atoms with Crippen molar-refractivity contribution >= 4 is 23.7 Å². The number of carbonyl (C=O) groups is 2. The number of hydrogen-bond donors (Lipinski definition) is 1. The molecule has 0 bridgehead atoms. The van der Waals surface area contributed by atoms with Crippen LogP contribution in [0.5, 0.6) is 0 Å². The number of rotatable bonds is 6. The third kappa shape index (κ3) is 3.94. The molecule has 1 unspecified atom stereocenters. The first-order valence-electron chi connectivity index (χ1n) is 10.2. The quantitative estimate of drug-likeness (QED) is 0.506. The van der Waals surface area contributed by atoms with Gasteiger partial charge in [-0.1, -0.05) is 66.2 Å². The van der Waals surface area contributed by atoms with Gasteiger partial charge >= 0.3 is 12.1 Å². The maximum Gasteiger partial charge on any atom is 0.410 e. The summed E-state index contributed by atoms with van der Waals surface area (Å²) in [6.07, 6.45) is -0.762. The summed E-state index contributed by atoms with van der Waals surface area (Å²) >= 11 is 5.83. The highest BCUT2D eigenvalue weighted by molar-refractivity contribution is 6.30. The van der Waals surface area contributed by atoms with Gasteiger partial charge in [0.1, 0.15) is 12.4 Å². The maximum atomic E-state index is 13.6. The molecule has 1 aliphatic carbocycles. The summed E-state index contributed by atoms with van der Waals surface area (Å²) < 4.78 is 19.2. The molecule has 1 amide bonds. The predicted octanol–water partition coefficient (Wildman–Crippen LogP) is 5.88. The SMILES string of the molecule is CCN(C(=O)OCC1c2ccccc2-c2ccccc21)C(C(=O)O)c1ccc(F)c(Cl)c1. The molecule has 32 heavy (non-hydrogen) atoms. The van der Waals surface area contributed by atoms with Crippen molar-refractivity contribution in [3.05, 3.63) is 94.3 Å². The lowest BCUT2D eigenvalue weighted by Crippen LogP contribution is -2.39. The number of carbonyl (C=O) groups excluding carboxylic acids is 1. The van der Waals surface area contributed by atoms with Gasteiger partial charge in [-0.25, -0.2) is 14.0 Å². The van der Waals surface area contributed by atoms with Crippen molar-refractivity contribution in [2.75, 3.05) is 13.2 Å². The first-order chi connectivity index (χ1) is 15.4. The molecule has 7 heteroatoms. The van der Waals surface area contributed by atoms with Gasteiger partial charge in [-0.3, -0.25) is 4.90 Å². The zero-order valence-corrected chi connectivity index (χ0v) is 18.1. The molecule has 0 radical (unpaired) electrons. The fourth-order valence-corrected chi connectivity index (χ4v) is 4.42. The van der Waals surface area contributed by atoms with Crippen molar-refractivity contribution in [3.63, 3.8) is 0 Å². The van der Waals surface area contributed by atoms with Gasteiger partial charge in [0, 0.05) is 12.5 Å². The Kier molecular flexibility index (Phi) is 6.15. The highest BCUT2D eigenvalue weighted by Crippen LogP contribution is 2.44. The van der Waals surface area contributed by atoms with Gasteiger partial charge in [0.25, 0.3) is 0 Å². The minimum absolute atomic E-state index is 0.0693. The molecule has 0 aliphatic heterocycles. The molecule has 0 spiro atoms. The molecule has 0 heterocycles. The lowest BCUT2D eigenvalue weighted by Gasteiger charge is -2.28. The van der Waals surface area contributed by atoms with Crippen LogP contribution in [-0.2, 0) is 9.53 Å². The van der Waals surface area contributed by atoms with E-state index in [-0.39, 0.29) is 29.7 Å². The van der Waals surface area contributed by atoms with Crippen molar-refractivity contribution in [2.24, 2.45) is 0 Å². The molecule has 164 valence electrons. The van der Waals surface area contributed by atoms with E-state index >= 15 is 0 Å². The number of hydrogen-bond acceptors (Lipinski definition) is 3. The van der Waals surface area contributed by atoms with E-state index in [0.29, 0.717) is 0 Å². The van der Waals surface area contributed by atoms with E-state index < -0.39 is 23.9 Å². The summed E-state index contributed by atoms with van der Waals surface area (Å²) in [6.45, 7) is 1.81. The van der Waals surface area contributed by atoms with Crippen LogP contribution in [0.15, 0.2) is 66.7 Å².